The topological polar surface area (TPSA) is 41.3 Å². The van der Waals surface area contributed by atoms with Gasteiger partial charge in [-0.3, -0.25) is 0 Å². The van der Waals surface area contributed by atoms with Crippen LogP contribution < -0.4 is 16.0 Å². The van der Waals surface area contributed by atoms with Gasteiger partial charge in [-0.15, -0.1) is 0 Å². The van der Waals surface area contributed by atoms with E-state index in [1.54, 1.807) is 0 Å². The average Bonchev–Trinajstić information content (AvgIpc) is 2.65. The monoisotopic (exact) mass is 237 g/mol. The first kappa shape index (κ1) is 11.1. The lowest BCUT2D eigenvalue weighted by molar-refractivity contribution is 0.641. The molecule has 0 saturated heterocycles. The Bertz CT molecular complexity index is 386. The normalized spacial score (nSPS) is 19.1. The summed E-state index contributed by atoms with van der Waals surface area (Å²) in [6.07, 6.45) is 2.08. The van der Waals surface area contributed by atoms with Gasteiger partial charge in [-0.25, -0.2) is 0 Å². The molecule has 2 rings (SSSR count). The third-order valence-electron chi connectivity index (χ3n) is 2.76. The van der Waals surface area contributed by atoms with Crippen molar-refractivity contribution in [2.45, 2.75) is 0 Å². The van der Waals surface area contributed by atoms with Crippen molar-refractivity contribution in [3.05, 3.63) is 41.2 Å². The van der Waals surface area contributed by atoms with Crippen LogP contribution in [0.15, 0.2) is 36.2 Å². The molecule has 1 heterocycles. The fourth-order valence-corrected chi connectivity index (χ4v) is 2.02. The maximum atomic E-state index is 5.85. The number of benzene rings is 1. The van der Waals surface area contributed by atoms with E-state index in [1.165, 1.54) is 5.69 Å². The van der Waals surface area contributed by atoms with Gasteiger partial charge in [-0.2, -0.15) is 0 Å². The van der Waals surface area contributed by atoms with E-state index < -0.39 is 0 Å². The maximum Gasteiger partial charge on any atom is 0.0923 e. The van der Waals surface area contributed by atoms with Gasteiger partial charge in [-0.05, 0) is 30.3 Å². The van der Waals surface area contributed by atoms with Gasteiger partial charge in [0.2, 0.25) is 0 Å². The van der Waals surface area contributed by atoms with E-state index in [0.29, 0.717) is 5.92 Å². The molecule has 3 nitrogen and oxygen atoms in total. The number of rotatable bonds is 3. The predicted octanol–water partition coefficient (Wildman–Crippen LogP) is 1.80. The Morgan fingerprint density at radius 3 is 2.69 bits per heavy atom. The third kappa shape index (κ3) is 2.61. The summed E-state index contributed by atoms with van der Waals surface area (Å²) in [7, 11) is 2.07. The first-order valence-electron chi connectivity index (χ1n) is 5.33. The molecule has 0 amide bonds. The molecular formula is C12H16ClN3. The Balaban J connectivity index is 1.97. The summed E-state index contributed by atoms with van der Waals surface area (Å²) < 4.78 is 0. The van der Waals surface area contributed by atoms with Gasteiger partial charge in [0.15, 0.2) is 0 Å². The molecule has 1 aromatic carbocycles. The highest BCUT2D eigenvalue weighted by molar-refractivity contribution is 6.30. The zero-order valence-corrected chi connectivity index (χ0v) is 10.0. The molecule has 0 spiro atoms. The molecule has 0 unspecified atom stereocenters. The lowest BCUT2D eigenvalue weighted by Gasteiger charge is -2.22. The van der Waals surface area contributed by atoms with Crippen LogP contribution in [0.25, 0.3) is 0 Å². The minimum atomic E-state index is 0.473. The van der Waals surface area contributed by atoms with Crippen molar-refractivity contribution in [3.8, 4) is 0 Å². The predicted molar refractivity (Wildman–Crippen MR) is 68.5 cm³/mol. The Kier molecular flexibility index (Phi) is 3.25. The highest BCUT2D eigenvalue weighted by Crippen LogP contribution is 2.18. The fraction of sp³-hybridized carbons (Fsp3) is 0.333. The average molecular weight is 238 g/mol. The molecule has 1 aliphatic heterocycles. The number of hydrogen-bond acceptors (Lipinski definition) is 3. The molecule has 0 fully saturated rings. The van der Waals surface area contributed by atoms with Crippen molar-refractivity contribution in [2.24, 2.45) is 11.7 Å². The molecule has 1 aromatic rings. The van der Waals surface area contributed by atoms with Crippen molar-refractivity contribution in [3.63, 3.8) is 0 Å². The van der Waals surface area contributed by atoms with E-state index in [-0.39, 0.29) is 0 Å². The first-order chi connectivity index (χ1) is 7.65. The molecule has 3 N–H and O–H groups in total. The molecule has 86 valence electrons. The molecular weight excluding hydrogens is 222 g/mol. The van der Waals surface area contributed by atoms with Gasteiger partial charge in [-0.1, -0.05) is 11.6 Å². The minimum absolute atomic E-state index is 0.473. The summed E-state index contributed by atoms with van der Waals surface area (Å²) >= 11 is 5.85. The molecule has 0 radical (unpaired) electrons. The Morgan fingerprint density at radius 1 is 1.44 bits per heavy atom. The molecule has 0 aliphatic carbocycles. The summed E-state index contributed by atoms with van der Waals surface area (Å²) in [6, 6.07) is 7.87. The zero-order valence-electron chi connectivity index (χ0n) is 9.28. The van der Waals surface area contributed by atoms with Crippen LogP contribution in [0.4, 0.5) is 5.69 Å². The van der Waals surface area contributed by atoms with Crippen molar-refractivity contribution < 1.29 is 0 Å². The van der Waals surface area contributed by atoms with Crippen LogP contribution >= 0.6 is 11.6 Å². The maximum absolute atomic E-state index is 5.85. The molecule has 4 heteroatoms. The Hall–Kier alpha value is -1.35. The van der Waals surface area contributed by atoms with Crippen LogP contribution in [0.3, 0.4) is 0 Å². The molecule has 16 heavy (non-hydrogen) atoms. The van der Waals surface area contributed by atoms with Crippen LogP contribution in [-0.4, -0.2) is 20.1 Å². The third-order valence-corrected chi connectivity index (χ3v) is 3.01. The number of hydrogen-bond donors (Lipinski definition) is 2. The number of halogens is 1. The lowest BCUT2D eigenvalue weighted by Crippen LogP contribution is -2.27. The molecule has 0 saturated carbocycles. The van der Waals surface area contributed by atoms with E-state index in [0.717, 1.165) is 23.9 Å². The summed E-state index contributed by atoms with van der Waals surface area (Å²) in [5.41, 5.74) is 6.84. The van der Waals surface area contributed by atoms with Crippen LogP contribution in [-0.2, 0) is 0 Å². The van der Waals surface area contributed by atoms with Crippen LogP contribution in [0.2, 0.25) is 5.02 Å². The second kappa shape index (κ2) is 4.66. The number of anilines is 1. The van der Waals surface area contributed by atoms with Crippen LogP contribution in [0.5, 0.6) is 0 Å². The Morgan fingerprint density at radius 2 is 2.12 bits per heavy atom. The molecule has 1 aliphatic rings. The van der Waals surface area contributed by atoms with Crippen LogP contribution in [0.1, 0.15) is 0 Å². The van der Waals surface area contributed by atoms with Crippen molar-refractivity contribution in [1.29, 1.82) is 0 Å². The smallest absolute Gasteiger partial charge is 0.0923 e. The highest BCUT2D eigenvalue weighted by Gasteiger charge is 2.15. The second-order valence-corrected chi connectivity index (χ2v) is 4.56. The molecule has 1 atom stereocenters. The van der Waals surface area contributed by atoms with Gasteiger partial charge >= 0.3 is 0 Å². The standard InChI is InChI=1S/C12H16ClN3/c1-16(8-9-6-12(14)15-7-9)11-4-2-10(13)3-5-11/h2-6,9,15H,7-8,14H2,1H3/t9-/m0/s1. The van der Waals surface area contributed by atoms with Crippen molar-refractivity contribution in [2.75, 3.05) is 25.0 Å². The van der Waals surface area contributed by atoms with Gasteiger partial charge in [0.05, 0.1) is 5.82 Å². The van der Waals surface area contributed by atoms with Gasteiger partial charge < -0.3 is 16.0 Å². The first-order valence-corrected chi connectivity index (χ1v) is 5.71. The highest BCUT2D eigenvalue weighted by atomic mass is 35.5. The van der Waals surface area contributed by atoms with E-state index in [4.69, 9.17) is 17.3 Å². The molecule has 0 bridgehead atoms. The SMILES string of the molecule is CN(C[C@H]1C=C(N)NC1)c1ccc(Cl)cc1. The molecule has 0 aromatic heterocycles. The quantitative estimate of drug-likeness (QED) is 0.843. The summed E-state index contributed by atoms with van der Waals surface area (Å²) in [4.78, 5) is 2.21. The summed E-state index contributed by atoms with van der Waals surface area (Å²) in [6.45, 7) is 1.87. The van der Waals surface area contributed by atoms with Crippen molar-refractivity contribution >= 4 is 17.3 Å². The van der Waals surface area contributed by atoms with E-state index in [9.17, 15) is 0 Å². The van der Waals surface area contributed by atoms with Gasteiger partial charge in [0, 0.05) is 36.8 Å². The second-order valence-electron chi connectivity index (χ2n) is 4.12. The van der Waals surface area contributed by atoms with Crippen LogP contribution in [0, 0.1) is 5.92 Å². The largest absolute Gasteiger partial charge is 0.386 e. The number of nitrogens with two attached hydrogens (primary N) is 1. The zero-order chi connectivity index (χ0) is 11.5. The minimum Gasteiger partial charge on any atom is -0.386 e. The van der Waals surface area contributed by atoms with E-state index in [2.05, 4.69) is 23.3 Å². The number of nitrogens with one attached hydrogen (secondary N) is 1. The van der Waals surface area contributed by atoms with E-state index >= 15 is 0 Å². The van der Waals surface area contributed by atoms with Gasteiger partial charge in [0.1, 0.15) is 0 Å². The lowest BCUT2D eigenvalue weighted by atomic mass is 10.1. The Labute approximate surface area is 101 Å². The number of nitrogens with zero attached hydrogens (tertiary/aromatic N) is 1. The summed E-state index contributed by atoms with van der Waals surface area (Å²) in [5.74, 6) is 1.26. The van der Waals surface area contributed by atoms with E-state index in [1.807, 2.05) is 24.3 Å². The summed E-state index contributed by atoms with van der Waals surface area (Å²) in [5, 5.41) is 3.89. The fourth-order valence-electron chi connectivity index (χ4n) is 1.89. The van der Waals surface area contributed by atoms with Gasteiger partial charge in [0.25, 0.3) is 0 Å². The van der Waals surface area contributed by atoms with Crippen molar-refractivity contribution in [1.82, 2.24) is 5.32 Å².